The zero-order chi connectivity index (χ0) is 17.1. The van der Waals surface area contributed by atoms with E-state index in [1.165, 1.54) is 11.3 Å². The first-order chi connectivity index (χ1) is 11.5. The summed E-state index contributed by atoms with van der Waals surface area (Å²) >= 11 is 2.36. The summed E-state index contributed by atoms with van der Waals surface area (Å²) in [7, 11) is 0. The van der Waals surface area contributed by atoms with E-state index < -0.39 is 17.1 Å². The fourth-order valence-electron chi connectivity index (χ4n) is 2.21. The zero-order valence-corrected chi connectivity index (χ0v) is 14.4. The maximum atomic E-state index is 12.3. The van der Waals surface area contributed by atoms with E-state index in [1.54, 1.807) is 12.1 Å². The number of thioether (sulfide) groups is 1. The van der Waals surface area contributed by atoms with Crippen LogP contribution in [0.5, 0.6) is 0 Å². The van der Waals surface area contributed by atoms with E-state index in [9.17, 15) is 14.4 Å². The summed E-state index contributed by atoms with van der Waals surface area (Å²) in [6.45, 7) is 1.63. The Morgan fingerprint density at radius 3 is 2.83 bits per heavy atom. The highest BCUT2D eigenvalue weighted by Gasteiger charge is 2.36. The second-order valence-corrected chi connectivity index (χ2v) is 7.02. The van der Waals surface area contributed by atoms with Crippen molar-refractivity contribution in [1.29, 1.82) is 0 Å². The maximum absolute atomic E-state index is 12.3. The monoisotopic (exact) mass is 358 g/mol. The molecule has 0 saturated carbocycles. The van der Waals surface area contributed by atoms with Crippen LogP contribution < -0.4 is 5.32 Å². The summed E-state index contributed by atoms with van der Waals surface area (Å²) in [6, 6.07) is 9.19. The van der Waals surface area contributed by atoms with Crippen molar-refractivity contribution in [2.45, 2.75) is 6.92 Å². The second kappa shape index (κ2) is 7.02. The highest BCUT2D eigenvalue weighted by molar-refractivity contribution is 8.18. The largest absolute Gasteiger partial charge is 0.325 e. The number of hydrogen-bond donors (Lipinski definition) is 1. The summed E-state index contributed by atoms with van der Waals surface area (Å²) in [5.41, 5.74) is 2.52. The van der Waals surface area contributed by atoms with Crippen molar-refractivity contribution in [3.05, 3.63) is 57.1 Å². The fourth-order valence-corrected chi connectivity index (χ4v) is 3.67. The van der Waals surface area contributed by atoms with E-state index in [2.05, 4.69) is 5.32 Å². The molecule has 24 heavy (non-hydrogen) atoms. The summed E-state index contributed by atoms with van der Waals surface area (Å²) in [6.07, 6.45) is 1.67. The first-order valence-corrected chi connectivity index (χ1v) is 8.93. The van der Waals surface area contributed by atoms with Gasteiger partial charge in [-0.25, -0.2) is 0 Å². The Morgan fingerprint density at radius 2 is 2.12 bits per heavy atom. The number of benzene rings is 1. The van der Waals surface area contributed by atoms with Crippen LogP contribution in [0.2, 0.25) is 0 Å². The number of carbonyl (C=O) groups is 3. The molecule has 1 aliphatic rings. The summed E-state index contributed by atoms with van der Waals surface area (Å²) in [5.74, 6) is -0.838. The molecule has 0 spiro atoms. The Bertz CT molecular complexity index is 828. The molecular weight excluding hydrogens is 344 g/mol. The Morgan fingerprint density at radius 1 is 1.29 bits per heavy atom. The van der Waals surface area contributed by atoms with Gasteiger partial charge >= 0.3 is 0 Å². The number of aryl methyl sites for hydroxylation is 1. The minimum Gasteiger partial charge on any atom is -0.325 e. The molecular formula is C17H14N2O3S2. The molecule has 3 amide bonds. The molecule has 0 bridgehead atoms. The van der Waals surface area contributed by atoms with Crippen LogP contribution in [0.25, 0.3) is 6.08 Å². The van der Waals surface area contributed by atoms with Gasteiger partial charge in [-0.3, -0.25) is 19.3 Å². The topological polar surface area (TPSA) is 66.5 Å². The Labute approximate surface area is 147 Å². The smallest absolute Gasteiger partial charge is 0.294 e. The fraction of sp³-hybridized carbons (Fsp3) is 0.118. The number of nitrogens with one attached hydrogen (secondary N) is 1. The van der Waals surface area contributed by atoms with Gasteiger partial charge in [-0.2, -0.15) is 11.3 Å². The number of carbonyl (C=O) groups excluding carboxylic acids is 3. The number of rotatable bonds is 4. The van der Waals surface area contributed by atoms with Crippen LogP contribution in [0.3, 0.4) is 0 Å². The number of anilines is 1. The lowest BCUT2D eigenvalue weighted by Crippen LogP contribution is -2.36. The van der Waals surface area contributed by atoms with E-state index in [-0.39, 0.29) is 6.54 Å². The van der Waals surface area contributed by atoms with Gasteiger partial charge in [0.25, 0.3) is 11.1 Å². The molecule has 2 aromatic rings. The lowest BCUT2D eigenvalue weighted by molar-refractivity contribution is -0.127. The van der Waals surface area contributed by atoms with Crippen molar-refractivity contribution in [3.8, 4) is 0 Å². The van der Waals surface area contributed by atoms with Gasteiger partial charge in [-0.15, -0.1) is 0 Å². The SMILES string of the molecule is Cc1cccc(NC(=O)CN2C(=O)S/C(=C\c3ccsc3)C2=O)c1. The van der Waals surface area contributed by atoms with Gasteiger partial charge in [-0.05, 0) is 64.8 Å². The lowest BCUT2D eigenvalue weighted by atomic mass is 10.2. The third-order valence-corrected chi connectivity index (χ3v) is 4.93. The van der Waals surface area contributed by atoms with Crippen molar-refractivity contribution in [1.82, 2.24) is 4.90 Å². The normalized spacial score (nSPS) is 16.0. The van der Waals surface area contributed by atoms with Crippen molar-refractivity contribution in [2.24, 2.45) is 0 Å². The molecule has 5 nitrogen and oxygen atoms in total. The standard InChI is InChI=1S/C17H14N2O3S2/c1-11-3-2-4-13(7-11)18-15(20)9-19-16(21)14(24-17(19)22)8-12-5-6-23-10-12/h2-8,10H,9H2,1H3,(H,18,20)/b14-8-. The van der Waals surface area contributed by atoms with Crippen LogP contribution in [0.15, 0.2) is 46.0 Å². The molecule has 3 rings (SSSR count). The van der Waals surface area contributed by atoms with Crippen LogP contribution in [0.4, 0.5) is 10.5 Å². The average molecular weight is 358 g/mol. The number of imide groups is 1. The number of nitrogens with zero attached hydrogens (tertiary/aromatic N) is 1. The van der Waals surface area contributed by atoms with Crippen LogP contribution in [0.1, 0.15) is 11.1 Å². The van der Waals surface area contributed by atoms with E-state index in [0.29, 0.717) is 10.6 Å². The van der Waals surface area contributed by atoms with E-state index in [1.807, 2.05) is 41.9 Å². The van der Waals surface area contributed by atoms with Gasteiger partial charge in [0.1, 0.15) is 6.54 Å². The van der Waals surface area contributed by atoms with E-state index in [4.69, 9.17) is 0 Å². The summed E-state index contributed by atoms with van der Waals surface area (Å²) < 4.78 is 0. The van der Waals surface area contributed by atoms with Crippen LogP contribution >= 0.6 is 23.1 Å². The lowest BCUT2D eigenvalue weighted by Gasteiger charge is -2.12. The van der Waals surface area contributed by atoms with Crippen molar-refractivity contribution < 1.29 is 14.4 Å². The second-order valence-electron chi connectivity index (χ2n) is 5.24. The molecule has 2 heterocycles. The van der Waals surface area contributed by atoms with Gasteiger partial charge in [0, 0.05) is 5.69 Å². The third-order valence-electron chi connectivity index (χ3n) is 3.32. The third kappa shape index (κ3) is 3.74. The van der Waals surface area contributed by atoms with E-state index >= 15 is 0 Å². The van der Waals surface area contributed by atoms with Crippen LogP contribution in [-0.4, -0.2) is 28.5 Å². The van der Waals surface area contributed by atoms with Gasteiger partial charge in [0.2, 0.25) is 5.91 Å². The molecule has 1 fully saturated rings. The molecule has 7 heteroatoms. The summed E-state index contributed by atoms with van der Waals surface area (Å²) in [4.78, 5) is 37.8. The molecule has 122 valence electrons. The first kappa shape index (κ1) is 16.5. The van der Waals surface area contributed by atoms with E-state index in [0.717, 1.165) is 27.8 Å². The average Bonchev–Trinajstić information content (AvgIpc) is 3.12. The van der Waals surface area contributed by atoms with Gasteiger partial charge in [0.15, 0.2) is 0 Å². The Kier molecular flexibility index (Phi) is 4.82. The highest BCUT2D eigenvalue weighted by atomic mass is 32.2. The molecule has 0 radical (unpaired) electrons. The Hall–Kier alpha value is -2.38. The Balaban J connectivity index is 1.67. The minimum atomic E-state index is -0.435. The molecule has 1 aromatic heterocycles. The van der Waals surface area contributed by atoms with Crippen molar-refractivity contribution in [3.63, 3.8) is 0 Å². The molecule has 1 N–H and O–H groups in total. The molecule has 1 aliphatic heterocycles. The molecule has 1 saturated heterocycles. The number of hydrogen-bond acceptors (Lipinski definition) is 5. The molecule has 0 unspecified atom stereocenters. The molecule has 0 atom stereocenters. The number of amides is 3. The molecule has 0 aliphatic carbocycles. The maximum Gasteiger partial charge on any atom is 0.294 e. The number of thiophene rings is 1. The van der Waals surface area contributed by atoms with Gasteiger partial charge in [0.05, 0.1) is 4.91 Å². The quantitative estimate of drug-likeness (QED) is 0.846. The molecule has 1 aromatic carbocycles. The first-order valence-electron chi connectivity index (χ1n) is 7.17. The van der Waals surface area contributed by atoms with Gasteiger partial charge in [-0.1, -0.05) is 12.1 Å². The van der Waals surface area contributed by atoms with Crippen molar-refractivity contribution in [2.75, 3.05) is 11.9 Å². The van der Waals surface area contributed by atoms with Crippen molar-refractivity contribution >= 4 is 51.9 Å². The van der Waals surface area contributed by atoms with Gasteiger partial charge < -0.3 is 5.32 Å². The van der Waals surface area contributed by atoms with Crippen LogP contribution in [0, 0.1) is 6.92 Å². The minimum absolute atomic E-state index is 0.292. The predicted molar refractivity (Wildman–Crippen MR) is 96.8 cm³/mol. The zero-order valence-electron chi connectivity index (χ0n) is 12.8. The highest BCUT2D eigenvalue weighted by Crippen LogP contribution is 2.32. The van der Waals surface area contributed by atoms with Crippen LogP contribution in [-0.2, 0) is 9.59 Å². The summed E-state index contributed by atoms with van der Waals surface area (Å²) in [5, 5.41) is 6.05. The predicted octanol–water partition coefficient (Wildman–Crippen LogP) is 3.73.